The SMILES string of the molecule is COc1cccc(N2Cc3nn(CCc4ccccc4)c(=O)n3C2=O)c1. The lowest BCUT2D eigenvalue weighted by atomic mass is 10.2. The van der Waals surface area contributed by atoms with Gasteiger partial charge in [-0.05, 0) is 24.1 Å². The number of aryl methyl sites for hydroxylation is 2. The molecule has 132 valence electrons. The van der Waals surface area contributed by atoms with Crippen molar-refractivity contribution in [2.24, 2.45) is 0 Å². The molecule has 7 heteroatoms. The standard InChI is InChI=1S/C19H18N4O3/c1-26-16-9-5-8-15(12-16)21-13-17-20-22(19(25)23(17)18(21)24)11-10-14-6-3-2-4-7-14/h2-9,12H,10-11,13H2,1H3. The number of carbonyl (C=O) groups excluding carboxylic acids is 1. The van der Waals surface area contributed by atoms with Gasteiger partial charge < -0.3 is 4.74 Å². The molecule has 2 heterocycles. The topological polar surface area (TPSA) is 69.4 Å². The first kappa shape index (κ1) is 16.1. The zero-order valence-electron chi connectivity index (χ0n) is 14.3. The van der Waals surface area contributed by atoms with Gasteiger partial charge in [-0.1, -0.05) is 36.4 Å². The smallest absolute Gasteiger partial charge is 0.354 e. The van der Waals surface area contributed by atoms with Crippen LogP contribution in [-0.4, -0.2) is 27.5 Å². The van der Waals surface area contributed by atoms with E-state index in [4.69, 9.17) is 4.74 Å². The number of methoxy groups -OCH3 is 1. The van der Waals surface area contributed by atoms with Gasteiger partial charge in [-0.3, -0.25) is 4.90 Å². The van der Waals surface area contributed by atoms with Crippen LogP contribution in [0.1, 0.15) is 11.4 Å². The van der Waals surface area contributed by atoms with Crippen LogP contribution in [-0.2, 0) is 19.5 Å². The van der Waals surface area contributed by atoms with Gasteiger partial charge in [0.25, 0.3) is 0 Å². The van der Waals surface area contributed by atoms with Crippen molar-refractivity contribution in [3.8, 4) is 5.75 Å². The van der Waals surface area contributed by atoms with Gasteiger partial charge in [0.05, 0.1) is 20.2 Å². The maximum atomic E-state index is 12.7. The number of hydrogen-bond donors (Lipinski definition) is 0. The number of ether oxygens (including phenoxy) is 1. The van der Waals surface area contributed by atoms with E-state index in [-0.39, 0.29) is 12.6 Å². The third kappa shape index (κ3) is 2.77. The number of nitrogens with zero attached hydrogens (tertiary/aromatic N) is 4. The van der Waals surface area contributed by atoms with E-state index < -0.39 is 5.69 Å². The third-order valence-corrected chi connectivity index (χ3v) is 4.45. The fraction of sp³-hybridized carbons (Fsp3) is 0.211. The monoisotopic (exact) mass is 350 g/mol. The first-order valence-electron chi connectivity index (χ1n) is 8.36. The minimum atomic E-state index is -0.397. The molecule has 0 bridgehead atoms. The second kappa shape index (κ2) is 6.51. The fourth-order valence-corrected chi connectivity index (χ4v) is 3.08. The molecule has 3 aromatic rings. The molecule has 0 saturated heterocycles. The average molecular weight is 350 g/mol. The molecule has 0 radical (unpaired) electrons. The van der Waals surface area contributed by atoms with Gasteiger partial charge in [0.1, 0.15) is 5.75 Å². The molecular weight excluding hydrogens is 332 g/mol. The van der Waals surface area contributed by atoms with Crippen LogP contribution in [0.15, 0.2) is 59.4 Å². The number of amides is 1. The molecule has 1 aromatic heterocycles. The Hall–Kier alpha value is -3.35. The maximum Gasteiger partial charge on any atom is 0.354 e. The fourth-order valence-electron chi connectivity index (χ4n) is 3.08. The van der Waals surface area contributed by atoms with Gasteiger partial charge in [0.15, 0.2) is 5.82 Å². The van der Waals surface area contributed by atoms with Crippen LogP contribution in [0.3, 0.4) is 0 Å². The zero-order valence-corrected chi connectivity index (χ0v) is 14.3. The number of carbonyl (C=O) groups is 1. The van der Waals surface area contributed by atoms with Crippen molar-refractivity contribution >= 4 is 11.7 Å². The number of aromatic nitrogens is 3. The molecule has 2 aromatic carbocycles. The normalized spacial score (nSPS) is 13.1. The summed E-state index contributed by atoms with van der Waals surface area (Å²) in [6.07, 6.45) is 0.686. The number of hydrogen-bond acceptors (Lipinski definition) is 4. The maximum absolute atomic E-state index is 12.7. The molecular formula is C19H18N4O3. The predicted octanol–water partition coefficient (Wildman–Crippen LogP) is 2.28. The van der Waals surface area contributed by atoms with Crippen molar-refractivity contribution in [3.05, 3.63) is 76.5 Å². The molecule has 0 aliphatic carbocycles. The van der Waals surface area contributed by atoms with Crippen LogP contribution in [0, 0.1) is 0 Å². The second-order valence-corrected chi connectivity index (χ2v) is 6.06. The van der Waals surface area contributed by atoms with Crippen molar-refractivity contribution in [2.75, 3.05) is 12.0 Å². The number of rotatable bonds is 5. The van der Waals surface area contributed by atoms with Crippen LogP contribution in [0.5, 0.6) is 5.75 Å². The molecule has 1 aliphatic heterocycles. The predicted molar refractivity (Wildman–Crippen MR) is 96.6 cm³/mol. The van der Waals surface area contributed by atoms with E-state index in [0.717, 1.165) is 10.1 Å². The Labute approximate surface area is 150 Å². The van der Waals surface area contributed by atoms with E-state index >= 15 is 0 Å². The first-order valence-corrected chi connectivity index (χ1v) is 8.36. The number of fused-ring (bicyclic) bond motifs is 1. The van der Waals surface area contributed by atoms with Crippen molar-refractivity contribution in [3.63, 3.8) is 0 Å². The third-order valence-electron chi connectivity index (χ3n) is 4.45. The zero-order chi connectivity index (χ0) is 18.1. The van der Waals surface area contributed by atoms with Gasteiger partial charge in [0, 0.05) is 11.8 Å². The first-order chi connectivity index (χ1) is 12.7. The summed E-state index contributed by atoms with van der Waals surface area (Å²) in [5.74, 6) is 1.11. The van der Waals surface area contributed by atoms with Crippen LogP contribution < -0.4 is 15.3 Å². The lowest BCUT2D eigenvalue weighted by Crippen LogP contribution is -2.35. The molecule has 1 amide bonds. The highest BCUT2D eigenvalue weighted by Crippen LogP contribution is 2.25. The van der Waals surface area contributed by atoms with Crippen LogP contribution in [0.25, 0.3) is 0 Å². The summed E-state index contributed by atoms with van der Waals surface area (Å²) < 4.78 is 7.71. The van der Waals surface area contributed by atoms with Gasteiger partial charge in [0.2, 0.25) is 0 Å². The Kier molecular flexibility index (Phi) is 4.04. The van der Waals surface area contributed by atoms with Gasteiger partial charge >= 0.3 is 11.7 Å². The Morgan fingerprint density at radius 3 is 2.62 bits per heavy atom. The minimum Gasteiger partial charge on any atom is -0.497 e. The van der Waals surface area contributed by atoms with Gasteiger partial charge in [-0.15, -0.1) is 0 Å². The van der Waals surface area contributed by atoms with Crippen molar-refractivity contribution in [1.82, 2.24) is 14.3 Å². The van der Waals surface area contributed by atoms with Crippen LogP contribution in [0.2, 0.25) is 0 Å². The molecule has 7 nitrogen and oxygen atoms in total. The van der Waals surface area contributed by atoms with Crippen LogP contribution in [0.4, 0.5) is 10.5 Å². The summed E-state index contributed by atoms with van der Waals surface area (Å²) >= 11 is 0. The summed E-state index contributed by atoms with van der Waals surface area (Å²) in [5.41, 5.74) is 1.40. The molecule has 0 fully saturated rings. The van der Waals surface area contributed by atoms with Crippen molar-refractivity contribution in [2.45, 2.75) is 19.5 Å². The molecule has 1 aliphatic rings. The average Bonchev–Trinajstić information content (AvgIpc) is 3.17. The molecule has 0 unspecified atom stereocenters. The Morgan fingerprint density at radius 1 is 1.08 bits per heavy atom. The summed E-state index contributed by atoms with van der Waals surface area (Å²) in [5, 5.41) is 4.35. The Morgan fingerprint density at radius 2 is 1.88 bits per heavy atom. The summed E-state index contributed by atoms with van der Waals surface area (Å²) in [6.45, 7) is 0.703. The highest BCUT2D eigenvalue weighted by atomic mass is 16.5. The number of benzene rings is 2. The van der Waals surface area contributed by atoms with Gasteiger partial charge in [-0.25, -0.2) is 14.3 Å². The highest BCUT2D eigenvalue weighted by molar-refractivity contribution is 5.96. The van der Waals surface area contributed by atoms with E-state index in [1.165, 1.54) is 9.58 Å². The molecule has 26 heavy (non-hydrogen) atoms. The van der Waals surface area contributed by atoms with E-state index in [1.807, 2.05) is 30.3 Å². The highest BCUT2D eigenvalue weighted by Gasteiger charge is 2.33. The van der Waals surface area contributed by atoms with E-state index in [1.54, 1.807) is 31.4 Å². The lowest BCUT2D eigenvalue weighted by Gasteiger charge is -2.15. The quantitative estimate of drug-likeness (QED) is 0.708. The molecule has 0 atom stereocenters. The van der Waals surface area contributed by atoms with Crippen LogP contribution >= 0.6 is 0 Å². The summed E-state index contributed by atoms with van der Waals surface area (Å²) in [4.78, 5) is 26.8. The molecule has 4 rings (SSSR count). The Bertz CT molecular complexity index is 1010. The molecule has 0 saturated carbocycles. The number of anilines is 1. The van der Waals surface area contributed by atoms with E-state index in [0.29, 0.717) is 30.2 Å². The molecule has 0 spiro atoms. The van der Waals surface area contributed by atoms with Crippen molar-refractivity contribution < 1.29 is 9.53 Å². The molecule has 0 N–H and O–H groups in total. The Balaban J connectivity index is 1.56. The van der Waals surface area contributed by atoms with E-state index in [9.17, 15) is 9.59 Å². The second-order valence-electron chi connectivity index (χ2n) is 6.06. The lowest BCUT2D eigenvalue weighted by molar-refractivity contribution is 0.250. The van der Waals surface area contributed by atoms with Gasteiger partial charge in [-0.2, -0.15) is 9.67 Å². The summed E-state index contributed by atoms with van der Waals surface area (Å²) in [7, 11) is 1.57. The van der Waals surface area contributed by atoms with E-state index in [2.05, 4.69) is 5.10 Å². The van der Waals surface area contributed by atoms with Crippen molar-refractivity contribution in [1.29, 1.82) is 0 Å². The largest absolute Gasteiger partial charge is 0.497 e. The minimum absolute atomic E-state index is 0.263. The summed E-state index contributed by atoms with van der Waals surface area (Å²) in [6, 6.07) is 16.7.